The van der Waals surface area contributed by atoms with Gasteiger partial charge in [0.25, 0.3) is 0 Å². The quantitative estimate of drug-likeness (QED) is 0.631. The van der Waals surface area contributed by atoms with Gasteiger partial charge < -0.3 is 19.9 Å². The van der Waals surface area contributed by atoms with Crippen molar-refractivity contribution in [1.29, 1.82) is 0 Å². The highest BCUT2D eigenvalue weighted by Gasteiger charge is 2.21. The Kier molecular flexibility index (Phi) is 5.47. The van der Waals surface area contributed by atoms with Gasteiger partial charge in [-0.3, -0.25) is 14.6 Å². The molecule has 2 N–H and O–H groups in total. The number of nitrogens with zero attached hydrogens (tertiary/aromatic N) is 2. The molecule has 0 radical (unpaired) electrons. The lowest BCUT2D eigenvalue weighted by Gasteiger charge is -2.35. The van der Waals surface area contributed by atoms with Crippen LogP contribution in [-0.2, 0) is 4.79 Å². The lowest BCUT2D eigenvalue weighted by Crippen LogP contribution is -2.50. The van der Waals surface area contributed by atoms with E-state index in [0.717, 1.165) is 0 Å². The van der Waals surface area contributed by atoms with Gasteiger partial charge in [-0.2, -0.15) is 0 Å². The summed E-state index contributed by atoms with van der Waals surface area (Å²) in [5.74, 6) is -0.179. The van der Waals surface area contributed by atoms with Gasteiger partial charge in [0.2, 0.25) is 5.91 Å². The van der Waals surface area contributed by atoms with Crippen LogP contribution in [-0.4, -0.2) is 79.8 Å². The molecule has 1 aliphatic heterocycles. The zero-order valence-electron chi connectivity index (χ0n) is 24.8. The van der Waals surface area contributed by atoms with Crippen LogP contribution in [0.25, 0.3) is 0 Å². The Hall–Kier alpha value is -2.61. The van der Waals surface area contributed by atoms with Crippen LogP contribution < -0.4 is 14.8 Å². The van der Waals surface area contributed by atoms with Crippen LogP contribution in [0.15, 0.2) is 42.4 Å². The Bertz CT molecular complexity index is 1120. The predicted molar refractivity (Wildman–Crippen MR) is 122 cm³/mol. The SMILES string of the molecule is [2H]c1c([2H])c(C)c(NC(=O)CN2CCN(CC([2H])(O)COc3ccccc3OC([2H])([2H])[2H])CC2)c(C)c1[2H]. The summed E-state index contributed by atoms with van der Waals surface area (Å²) in [4.78, 5) is 16.5. The highest BCUT2D eigenvalue weighted by Crippen LogP contribution is 2.25. The Balaban J connectivity index is 1.49. The van der Waals surface area contributed by atoms with Crippen LogP contribution in [0.3, 0.4) is 0 Å². The van der Waals surface area contributed by atoms with Gasteiger partial charge in [0.1, 0.15) is 12.7 Å². The number of amides is 1. The number of hydrogen-bond donors (Lipinski definition) is 2. The molecule has 1 aliphatic rings. The van der Waals surface area contributed by atoms with Crippen LogP contribution in [0.4, 0.5) is 5.69 Å². The molecule has 2 aromatic carbocycles. The van der Waals surface area contributed by atoms with E-state index in [1.807, 2.05) is 9.80 Å². The molecule has 1 fully saturated rings. The number of hydrogen-bond acceptors (Lipinski definition) is 6. The summed E-state index contributed by atoms with van der Waals surface area (Å²) in [6, 6.07) is 5.84. The molecule has 0 saturated carbocycles. The van der Waals surface area contributed by atoms with Crippen molar-refractivity contribution in [2.75, 3.05) is 58.2 Å². The minimum absolute atomic E-state index is 0.00545. The van der Waals surface area contributed by atoms with Gasteiger partial charge >= 0.3 is 0 Å². The molecule has 31 heavy (non-hydrogen) atoms. The summed E-state index contributed by atoms with van der Waals surface area (Å²) >= 11 is 0. The maximum atomic E-state index is 12.7. The number of β-amino-alcohol motifs (C(OH)–C–C–N with tert-alkyl or cyclic N) is 1. The minimum atomic E-state index is -2.66. The lowest BCUT2D eigenvalue weighted by atomic mass is 10.1. The fraction of sp³-hybridized carbons (Fsp3) is 0.458. The zero-order valence-corrected chi connectivity index (χ0v) is 17.8. The molecule has 0 bridgehead atoms. The normalized spacial score (nSPS) is 20.7. The molecular formula is C24H33N3O4. The van der Waals surface area contributed by atoms with Crippen molar-refractivity contribution < 1.29 is 29.0 Å². The number of aliphatic hydroxyl groups is 1. The van der Waals surface area contributed by atoms with E-state index < -0.39 is 19.7 Å². The number of benzene rings is 2. The van der Waals surface area contributed by atoms with Gasteiger partial charge in [0, 0.05) is 38.4 Å². The Labute approximate surface area is 194 Å². The first-order valence-corrected chi connectivity index (χ1v) is 10.1. The molecule has 7 heteroatoms. The van der Waals surface area contributed by atoms with E-state index in [9.17, 15) is 9.90 Å². The molecular weight excluding hydrogens is 394 g/mol. The molecule has 1 atom stereocenters. The molecule has 3 rings (SSSR count). The summed E-state index contributed by atoms with van der Waals surface area (Å²) < 4.78 is 64.3. The van der Waals surface area contributed by atoms with E-state index in [-0.39, 0.29) is 48.6 Å². The van der Waals surface area contributed by atoms with Crippen LogP contribution in [0.1, 0.15) is 20.7 Å². The van der Waals surface area contributed by atoms with Crippen molar-refractivity contribution in [3.63, 3.8) is 0 Å². The highest BCUT2D eigenvalue weighted by molar-refractivity contribution is 5.93. The number of methoxy groups -OCH3 is 1. The summed E-state index contributed by atoms with van der Waals surface area (Å²) in [5, 5.41) is 13.4. The minimum Gasteiger partial charge on any atom is -0.493 e. The van der Waals surface area contributed by atoms with Gasteiger partial charge in [0.05, 0.1) is 23.2 Å². The van der Waals surface area contributed by atoms with Crippen molar-refractivity contribution >= 4 is 11.6 Å². The van der Waals surface area contributed by atoms with Gasteiger partial charge in [0.15, 0.2) is 11.5 Å². The Morgan fingerprint density at radius 1 is 1.19 bits per heavy atom. The number of carbonyl (C=O) groups is 1. The average Bonchev–Trinajstić information content (AvgIpc) is 2.84. The molecule has 2 aromatic rings. The number of carbonyl (C=O) groups excluding carboxylic acids is 1. The topological polar surface area (TPSA) is 74.3 Å². The first kappa shape index (κ1) is 15.2. The van der Waals surface area contributed by atoms with Crippen molar-refractivity contribution in [3.8, 4) is 11.5 Å². The van der Waals surface area contributed by atoms with Gasteiger partial charge in [-0.15, -0.1) is 0 Å². The third kappa shape index (κ3) is 6.69. The fourth-order valence-corrected chi connectivity index (χ4v) is 3.42. The molecule has 168 valence electrons. The number of anilines is 1. The number of nitrogens with one attached hydrogen (secondary N) is 1. The third-order valence-corrected chi connectivity index (χ3v) is 5.11. The summed E-state index contributed by atoms with van der Waals surface area (Å²) in [5.41, 5.74) is 1.29. The predicted octanol–water partition coefficient (Wildman–Crippen LogP) is 2.31. The summed E-state index contributed by atoms with van der Waals surface area (Å²) in [6.45, 7) is 5.05. The van der Waals surface area contributed by atoms with Crippen molar-refractivity contribution in [1.82, 2.24) is 9.80 Å². The second-order valence-corrected chi connectivity index (χ2v) is 7.50. The summed E-state index contributed by atoms with van der Waals surface area (Å²) in [6.07, 6.45) is -1.96. The third-order valence-electron chi connectivity index (χ3n) is 5.11. The van der Waals surface area contributed by atoms with Crippen molar-refractivity contribution in [2.45, 2.75) is 19.9 Å². The van der Waals surface area contributed by atoms with Crippen LogP contribution in [0.2, 0.25) is 0 Å². The van der Waals surface area contributed by atoms with Crippen LogP contribution in [0.5, 0.6) is 11.5 Å². The zero-order chi connectivity index (χ0) is 28.3. The van der Waals surface area contributed by atoms with E-state index in [2.05, 4.69) is 5.32 Å². The highest BCUT2D eigenvalue weighted by atomic mass is 16.5. The second kappa shape index (κ2) is 11.1. The molecule has 0 spiro atoms. The largest absolute Gasteiger partial charge is 0.493 e. The van der Waals surface area contributed by atoms with E-state index >= 15 is 0 Å². The molecule has 0 aliphatic carbocycles. The van der Waals surface area contributed by atoms with Crippen molar-refractivity contribution in [2.24, 2.45) is 0 Å². The number of ether oxygens (including phenoxy) is 2. The molecule has 1 heterocycles. The second-order valence-electron chi connectivity index (χ2n) is 7.50. The van der Waals surface area contributed by atoms with Crippen molar-refractivity contribution in [3.05, 3.63) is 53.5 Å². The number of para-hydroxylation sites is 3. The number of rotatable bonds is 9. The van der Waals surface area contributed by atoms with E-state index in [4.69, 9.17) is 19.1 Å². The van der Waals surface area contributed by atoms with Gasteiger partial charge in [-0.25, -0.2) is 0 Å². The Morgan fingerprint density at radius 2 is 1.84 bits per heavy atom. The first-order chi connectivity index (χ1) is 17.7. The molecule has 7 nitrogen and oxygen atoms in total. The maximum absolute atomic E-state index is 12.7. The van der Waals surface area contributed by atoms with Crippen LogP contribution in [0, 0.1) is 13.8 Å². The molecule has 1 amide bonds. The lowest BCUT2D eigenvalue weighted by molar-refractivity contribution is -0.117. The standard InChI is InChI=1S/C24H33N3O4/c1-18-7-6-8-19(2)24(18)25-23(29)16-27-13-11-26(12-14-27)15-20(28)17-31-22-10-5-4-9-21(22)30-3/h4-10,20,28H,11-17H2,1-3H3,(H,25,29)/i3D3,6D,7D,8D,20D. The van der Waals surface area contributed by atoms with Crippen LogP contribution >= 0.6 is 0 Å². The molecule has 1 saturated heterocycles. The van der Waals surface area contributed by atoms with Gasteiger partial charge in [-0.1, -0.05) is 30.3 Å². The van der Waals surface area contributed by atoms with E-state index in [1.54, 1.807) is 26.0 Å². The smallest absolute Gasteiger partial charge is 0.238 e. The van der Waals surface area contributed by atoms with Gasteiger partial charge in [-0.05, 0) is 37.1 Å². The monoisotopic (exact) mass is 434 g/mol. The van der Waals surface area contributed by atoms with E-state index in [1.165, 1.54) is 12.1 Å². The average molecular weight is 435 g/mol. The maximum Gasteiger partial charge on any atom is 0.238 e. The fourth-order valence-electron chi connectivity index (χ4n) is 3.42. The summed E-state index contributed by atoms with van der Waals surface area (Å²) in [7, 11) is -2.66. The molecule has 1 unspecified atom stereocenters. The number of piperazine rings is 1. The molecule has 0 aromatic heterocycles. The first-order valence-electron chi connectivity index (χ1n) is 13.6. The Morgan fingerprint density at radius 3 is 2.52 bits per heavy atom. The van der Waals surface area contributed by atoms with E-state index in [0.29, 0.717) is 43.0 Å².